The van der Waals surface area contributed by atoms with Gasteiger partial charge in [-0.3, -0.25) is 14.2 Å². The Kier molecular flexibility index (Phi) is 4.55. The van der Waals surface area contributed by atoms with Crippen molar-refractivity contribution in [3.8, 4) is 0 Å². The Hall–Kier alpha value is -2.38. The lowest BCUT2D eigenvalue weighted by molar-refractivity contribution is 0.102. The molecule has 0 aliphatic carbocycles. The normalized spacial score (nSPS) is 10.8. The van der Waals surface area contributed by atoms with Gasteiger partial charge in [-0.15, -0.1) is 0 Å². The van der Waals surface area contributed by atoms with Gasteiger partial charge in [-0.2, -0.15) is 10.2 Å². The molecule has 24 heavy (non-hydrogen) atoms. The molecule has 1 aromatic carbocycles. The highest BCUT2D eigenvalue weighted by Gasteiger charge is 2.18. The van der Waals surface area contributed by atoms with Crippen LogP contribution in [-0.4, -0.2) is 25.5 Å². The smallest absolute Gasteiger partial charge is 0.278 e. The molecule has 0 fully saturated rings. The Labute approximate surface area is 146 Å². The molecule has 2 heterocycles. The van der Waals surface area contributed by atoms with Gasteiger partial charge in [0.2, 0.25) is 0 Å². The molecular formula is C15H12Cl2FN5O. The van der Waals surface area contributed by atoms with E-state index in [9.17, 15) is 9.18 Å². The summed E-state index contributed by atoms with van der Waals surface area (Å²) in [5.41, 5.74) is 0.529. The molecule has 0 aliphatic heterocycles. The van der Waals surface area contributed by atoms with Crippen molar-refractivity contribution in [2.75, 3.05) is 5.32 Å². The van der Waals surface area contributed by atoms with E-state index in [1.807, 2.05) is 0 Å². The molecular weight excluding hydrogens is 356 g/mol. The number of amides is 1. The molecule has 0 bridgehead atoms. The predicted molar refractivity (Wildman–Crippen MR) is 88.9 cm³/mol. The largest absolute Gasteiger partial charge is 0.302 e. The number of hydrogen-bond donors (Lipinski definition) is 1. The number of halogens is 3. The number of benzene rings is 1. The van der Waals surface area contributed by atoms with Crippen LogP contribution in [0, 0.1) is 5.82 Å². The first-order valence-corrected chi connectivity index (χ1v) is 7.66. The second-order valence-electron chi connectivity index (χ2n) is 5.07. The van der Waals surface area contributed by atoms with Crippen molar-refractivity contribution in [1.29, 1.82) is 0 Å². The van der Waals surface area contributed by atoms with Crippen LogP contribution in [0.2, 0.25) is 10.0 Å². The number of nitrogens with zero attached hydrogens (tertiary/aromatic N) is 4. The fourth-order valence-corrected chi connectivity index (χ4v) is 2.61. The zero-order valence-electron chi connectivity index (χ0n) is 12.5. The van der Waals surface area contributed by atoms with Gasteiger partial charge in [0.1, 0.15) is 10.8 Å². The Morgan fingerprint density at radius 3 is 2.62 bits per heavy atom. The van der Waals surface area contributed by atoms with Crippen LogP contribution in [-0.2, 0) is 13.6 Å². The zero-order valence-corrected chi connectivity index (χ0v) is 14.0. The van der Waals surface area contributed by atoms with E-state index >= 15 is 0 Å². The monoisotopic (exact) mass is 367 g/mol. The highest BCUT2D eigenvalue weighted by molar-refractivity contribution is 6.35. The van der Waals surface area contributed by atoms with E-state index in [1.54, 1.807) is 25.2 Å². The number of rotatable bonds is 4. The average Bonchev–Trinajstić information content (AvgIpc) is 3.04. The first-order valence-electron chi connectivity index (χ1n) is 6.91. The summed E-state index contributed by atoms with van der Waals surface area (Å²) in [6.07, 6.45) is 3.01. The molecule has 1 N–H and O–H groups in total. The minimum Gasteiger partial charge on any atom is -0.302 e. The number of hydrogen-bond acceptors (Lipinski definition) is 3. The number of anilines is 1. The summed E-state index contributed by atoms with van der Waals surface area (Å²) in [7, 11) is 1.65. The van der Waals surface area contributed by atoms with Gasteiger partial charge < -0.3 is 5.32 Å². The van der Waals surface area contributed by atoms with Crippen LogP contribution >= 0.6 is 23.2 Å². The summed E-state index contributed by atoms with van der Waals surface area (Å²) >= 11 is 12.0. The Morgan fingerprint density at radius 2 is 1.96 bits per heavy atom. The van der Waals surface area contributed by atoms with Crippen molar-refractivity contribution >= 4 is 34.9 Å². The van der Waals surface area contributed by atoms with E-state index in [4.69, 9.17) is 23.2 Å². The molecule has 0 spiro atoms. The van der Waals surface area contributed by atoms with Gasteiger partial charge in [0.25, 0.3) is 5.91 Å². The standard InChI is InChI=1S/C15H12Cl2FN5O/c1-22-7-10(16)13(20-22)15(24)19-14-11(17)8-23(21-14)6-9-4-2-3-5-12(9)18/h2-5,7-8H,6H2,1H3,(H,19,21,24). The summed E-state index contributed by atoms with van der Waals surface area (Å²) in [6.45, 7) is 0.187. The van der Waals surface area contributed by atoms with Crippen molar-refractivity contribution in [3.05, 3.63) is 63.8 Å². The van der Waals surface area contributed by atoms with E-state index in [1.165, 1.54) is 27.8 Å². The lowest BCUT2D eigenvalue weighted by Crippen LogP contribution is -2.14. The maximum atomic E-state index is 13.7. The van der Waals surface area contributed by atoms with E-state index < -0.39 is 5.91 Å². The van der Waals surface area contributed by atoms with E-state index in [2.05, 4.69) is 15.5 Å². The SMILES string of the molecule is Cn1cc(Cl)c(C(=O)Nc2nn(Cc3ccccc3F)cc2Cl)n1. The molecule has 0 saturated heterocycles. The minimum absolute atomic E-state index is 0.0684. The lowest BCUT2D eigenvalue weighted by Gasteiger charge is -2.03. The third kappa shape index (κ3) is 3.42. The van der Waals surface area contributed by atoms with E-state index in [-0.39, 0.29) is 33.9 Å². The van der Waals surface area contributed by atoms with Gasteiger partial charge in [0, 0.05) is 25.0 Å². The predicted octanol–water partition coefficient (Wildman–Crippen LogP) is 3.36. The molecule has 124 valence electrons. The second-order valence-corrected chi connectivity index (χ2v) is 5.88. The molecule has 2 aromatic heterocycles. The first kappa shape index (κ1) is 16.5. The molecule has 3 aromatic rings. The summed E-state index contributed by atoms with van der Waals surface area (Å²) < 4.78 is 16.6. The molecule has 6 nitrogen and oxygen atoms in total. The van der Waals surface area contributed by atoms with Crippen molar-refractivity contribution < 1.29 is 9.18 Å². The van der Waals surface area contributed by atoms with Gasteiger partial charge in [0.15, 0.2) is 11.5 Å². The highest BCUT2D eigenvalue weighted by atomic mass is 35.5. The van der Waals surface area contributed by atoms with E-state index in [0.29, 0.717) is 5.56 Å². The fourth-order valence-electron chi connectivity index (χ4n) is 2.14. The molecule has 3 rings (SSSR count). The topological polar surface area (TPSA) is 64.7 Å². The van der Waals surface area contributed by atoms with Crippen LogP contribution in [0.1, 0.15) is 16.1 Å². The Bertz CT molecular complexity index is 905. The zero-order chi connectivity index (χ0) is 17.3. The van der Waals surface area contributed by atoms with Gasteiger partial charge in [-0.25, -0.2) is 4.39 Å². The molecule has 9 heteroatoms. The van der Waals surface area contributed by atoms with E-state index in [0.717, 1.165) is 0 Å². The van der Waals surface area contributed by atoms with Gasteiger partial charge in [-0.1, -0.05) is 41.4 Å². The summed E-state index contributed by atoms with van der Waals surface area (Å²) in [6, 6.07) is 6.36. The molecule has 0 aliphatic rings. The number of carbonyl (C=O) groups excluding carboxylic acids is 1. The second kappa shape index (κ2) is 6.62. The molecule has 0 saturated carbocycles. The van der Waals surface area contributed by atoms with Gasteiger partial charge in [-0.05, 0) is 6.07 Å². The Morgan fingerprint density at radius 1 is 1.21 bits per heavy atom. The van der Waals surface area contributed by atoms with Crippen molar-refractivity contribution in [2.24, 2.45) is 7.05 Å². The maximum Gasteiger partial charge on any atom is 0.278 e. The van der Waals surface area contributed by atoms with Crippen molar-refractivity contribution in [1.82, 2.24) is 19.6 Å². The van der Waals surface area contributed by atoms with Crippen LogP contribution < -0.4 is 5.32 Å². The molecule has 1 amide bonds. The molecule has 0 radical (unpaired) electrons. The molecule has 0 unspecified atom stereocenters. The van der Waals surface area contributed by atoms with Gasteiger partial charge in [0.05, 0.1) is 11.6 Å². The quantitative estimate of drug-likeness (QED) is 0.768. The number of carbonyl (C=O) groups is 1. The minimum atomic E-state index is -0.529. The third-order valence-electron chi connectivity index (χ3n) is 3.24. The third-order valence-corrected chi connectivity index (χ3v) is 3.79. The summed E-state index contributed by atoms with van der Waals surface area (Å²) in [4.78, 5) is 12.2. The number of nitrogens with one attached hydrogen (secondary N) is 1. The summed E-state index contributed by atoms with van der Waals surface area (Å²) in [5.74, 6) is -0.714. The average molecular weight is 368 g/mol. The highest BCUT2D eigenvalue weighted by Crippen LogP contribution is 2.22. The van der Waals surface area contributed by atoms with Crippen molar-refractivity contribution in [2.45, 2.75) is 6.54 Å². The molecule has 0 atom stereocenters. The van der Waals surface area contributed by atoms with Crippen LogP contribution in [0.25, 0.3) is 0 Å². The fraction of sp³-hybridized carbons (Fsp3) is 0.133. The Balaban J connectivity index is 1.78. The number of aromatic nitrogens is 4. The van der Waals surface area contributed by atoms with Crippen LogP contribution in [0.4, 0.5) is 10.2 Å². The van der Waals surface area contributed by atoms with Gasteiger partial charge >= 0.3 is 0 Å². The van der Waals surface area contributed by atoms with Crippen LogP contribution in [0.5, 0.6) is 0 Å². The van der Waals surface area contributed by atoms with Crippen LogP contribution in [0.3, 0.4) is 0 Å². The first-order chi connectivity index (χ1) is 11.4. The lowest BCUT2D eigenvalue weighted by atomic mass is 10.2. The number of aryl methyl sites for hydroxylation is 1. The maximum absolute atomic E-state index is 13.7. The summed E-state index contributed by atoms with van der Waals surface area (Å²) in [5, 5.41) is 11.1. The van der Waals surface area contributed by atoms with Crippen LogP contribution in [0.15, 0.2) is 36.7 Å². The van der Waals surface area contributed by atoms with Crippen molar-refractivity contribution in [3.63, 3.8) is 0 Å².